The molecule has 5 nitrogen and oxygen atoms in total. The van der Waals surface area contributed by atoms with Crippen LogP contribution >= 0.6 is 0 Å². The van der Waals surface area contributed by atoms with Gasteiger partial charge in [0.15, 0.2) is 0 Å². The van der Waals surface area contributed by atoms with Crippen LogP contribution in [-0.4, -0.2) is 63.8 Å². The molecule has 0 aliphatic heterocycles. The van der Waals surface area contributed by atoms with E-state index >= 15 is 0 Å². The van der Waals surface area contributed by atoms with Crippen molar-refractivity contribution in [3.05, 3.63) is 0 Å². The quantitative estimate of drug-likeness (QED) is 0.561. The van der Waals surface area contributed by atoms with E-state index in [1.165, 1.54) is 12.0 Å². The Morgan fingerprint density at radius 1 is 1.35 bits per heavy atom. The van der Waals surface area contributed by atoms with Gasteiger partial charge in [-0.3, -0.25) is 4.79 Å². The lowest BCUT2D eigenvalue weighted by Gasteiger charge is -2.21. The molecule has 2 N–H and O–H groups in total. The topological polar surface area (TPSA) is 64.8 Å². The molecule has 0 heterocycles. The fourth-order valence-electron chi connectivity index (χ4n) is 1.21. The summed E-state index contributed by atoms with van der Waals surface area (Å²) in [6, 6.07) is 0. The molecule has 1 amide bonds. The van der Waals surface area contributed by atoms with Gasteiger partial charge in [-0.1, -0.05) is 0 Å². The van der Waals surface area contributed by atoms with Crippen molar-refractivity contribution in [2.75, 3.05) is 46.6 Å². The van der Waals surface area contributed by atoms with Gasteiger partial charge < -0.3 is 20.1 Å². The standard InChI is InChI=1S/C10H20F2N2O3/c1-16-7-5-14(4-3-13)10(15)2-6-17-8-9(11)12/h9H,2-8,13H2,1H3. The van der Waals surface area contributed by atoms with Gasteiger partial charge in [0.25, 0.3) is 6.43 Å². The first kappa shape index (κ1) is 16.2. The maximum Gasteiger partial charge on any atom is 0.261 e. The van der Waals surface area contributed by atoms with Crippen LogP contribution < -0.4 is 5.73 Å². The van der Waals surface area contributed by atoms with Gasteiger partial charge in [-0.05, 0) is 0 Å². The molecule has 0 aromatic carbocycles. The number of amides is 1. The monoisotopic (exact) mass is 254 g/mol. The fraction of sp³-hybridized carbons (Fsp3) is 0.900. The smallest absolute Gasteiger partial charge is 0.261 e. The van der Waals surface area contributed by atoms with E-state index in [9.17, 15) is 13.6 Å². The summed E-state index contributed by atoms with van der Waals surface area (Å²) in [5, 5.41) is 0. The molecule has 0 saturated carbocycles. The normalized spacial score (nSPS) is 10.9. The Labute approximate surface area is 99.8 Å². The lowest BCUT2D eigenvalue weighted by Crippen LogP contribution is -2.38. The number of ether oxygens (including phenoxy) is 2. The van der Waals surface area contributed by atoms with Crippen LogP contribution in [0.2, 0.25) is 0 Å². The molecule has 0 rings (SSSR count). The third-order valence-electron chi connectivity index (χ3n) is 2.02. The first-order valence-corrected chi connectivity index (χ1v) is 5.44. The van der Waals surface area contributed by atoms with Gasteiger partial charge in [0.1, 0.15) is 6.61 Å². The van der Waals surface area contributed by atoms with Crippen molar-refractivity contribution in [2.24, 2.45) is 5.73 Å². The number of nitrogens with zero attached hydrogens (tertiary/aromatic N) is 1. The summed E-state index contributed by atoms with van der Waals surface area (Å²) < 4.78 is 33.0. The van der Waals surface area contributed by atoms with E-state index < -0.39 is 13.0 Å². The van der Waals surface area contributed by atoms with Crippen LogP contribution in [-0.2, 0) is 14.3 Å². The Kier molecular flexibility index (Phi) is 9.89. The average Bonchev–Trinajstić information content (AvgIpc) is 2.29. The molecule has 0 aliphatic rings. The predicted molar refractivity (Wildman–Crippen MR) is 59.0 cm³/mol. The molecule has 0 saturated heterocycles. The minimum atomic E-state index is -2.50. The first-order valence-electron chi connectivity index (χ1n) is 5.44. The SMILES string of the molecule is COCCN(CCN)C(=O)CCOCC(F)F. The maximum atomic E-state index is 11.8. The maximum absolute atomic E-state index is 11.8. The number of nitrogens with two attached hydrogens (primary N) is 1. The summed E-state index contributed by atoms with van der Waals surface area (Å²) in [5.41, 5.74) is 5.37. The number of methoxy groups -OCH3 is 1. The molecular weight excluding hydrogens is 234 g/mol. The van der Waals surface area contributed by atoms with Crippen LogP contribution in [0.3, 0.4) is 0 Å². The molecule has 0 aliphatic carbocycles. The molecule has 102 valence electrons. The van der Waals surface area contributed by atoms with E-state index in [-0.39, 0.29) is 18.9 Å². The molecule has 0 spiro atoms. The molecule has 0 aromatic heterocycles. The molecule has 17 heavy (non-hydrogen) atoms. The minimum absolute atomic E-state index is 0.00275. The van der Waals surface area contributed by atoms with E-state index in [1.54, 1.807) is 0 Å². The van der Waals surface area contributed by atoms with Crippen LogP contribution in [0.15, 0.2) is 0 Å². The van der Waals surface area contributed by atoms with Crippen LogP contribution in [0, 0.1) is 0 Å². The molecule has 0 unspecified atom stereocenters. The van der Waals surface area contributed by atoms with E-state index in [4.69, 9.17) is 10.5 Å². The lowest BCUT2D eigenvalue weighted by atomic mass is 10.3. The lowest BCUT2D eigenvalue weighted by molar-refractivity contribution is -0.133. The Morgan fingerprint density at radius 3 is 2.59 bits per heavy atom. The Hall–Kier alpha value is -0.790. The zero-order valence-corrected chi connectivity index (χ0v) is 10.0. The van der Waals surface area contributed by atoms with E-state index in [0.29, 0.717) is 26.2 Å². The van der Waals surface area contributed by atoms with Gasteiger partial charge in [-0.25, -0.2) is 8.78 Å². The minimum Gasteiger partial charge on any atom is -0.383 e. The highest BCUT2D eigenvalue weighted by atomic mass is 19.3. The molecular formula is C10H20F2N2O3. The highest BCUT2D eigenvalue weighted by molar-refractivity contribution is 5.76. The van der Waals surface area contributed by atoms with Gasteiger partial charge in [0.05, 0.1) is 19.6 Å². The number of carbonyl (C=O) groups is 1. The summed E-state index contributed by atoms with van der Waals surface area (Å²) in [6.45, 7) is 1.01. The average molecular weight is 254 g/mol. The Morgan fingerprint density at radius 2 is 2.06 bits per heavy atom. The molecule has 0 aromatic rings. The Bertz CT molecular complexity index is 206. The zero-order chi connectivity index (χ0) is 13.1. The molecule has 7 heteroatoms. The van der Waals surface area contributed by atoms with Gasteiger partial charge in [0, 0.05) is 26.7 Å². The molecule has 0 radical (unpaired) electrons. The summed E-state index contributed by atoms with van der Waals surface area (Å²) in [5.74, 6) is -0.165. The van der Waals surface area contributed by atoms with Gasteiger partial charge in [-0.15, -0.1) is 0 Å². The van der Waals surface area contributed by atoms with E-state index in [0.717, 1.165) is 0 Å². The highest BCUT2D eigenvalue weighted by Gasteiger charge is 2.12. The summed E-state index contributed by atoms with van der Waals surface area (Å²) >= 11 is 0. The number of halogens is 2. The highest BCUT2D eigenvalue weighted by Crippen LogP contribution is 1.97. The van der Waals surface area contributed by atoms with Crippen molar-refractivity contribution in [3.8, 4) is 0 Å². The van der Waals surface area contributed by atoms with Crippen molar-refractivity contribution in [2.45, 2.75) is 12.8 Å². The summed E-state index contributed by atoms with van der Waals surface area (Å²) in [7, 11) is 1.54. The summed E-state index contributed by atoms with van der Waals surface area (Å²) in [6.07, 6.45) is -2.42. The van der Waals surface area contributed by atoms with Crippen LogP contribution in [0.25, 0.3) is 0 Å². The van der Waals surface area contributed by atoms with Gasteiger partial charge in [0.2, 0.25) is 5.91 Å². The number of hydrogen-bond donors (Lipinski definition) is 1. The zero-order valence-electron chi connectivity index (χ0n) is 10.0. The second-order valence-corrected chi connectivity index (χ2v) is 3.38. The van der Waals surface area contributed by atoms with E-state index in [2.05, 4.69) is 4.74 Å². The third kappa shape index (κ3) is 8.96. The third-order valence-corrected chi connectivity index (χ3v) is 2.02. The van der Waals surface area contributed by atoms with Crippen molar-refractivity contribution >= 4 is 5.91 Å². The number of rotatable bonds is 10. The second kappa shape index (κ2) is 10.4. The number of hydrogen-bond acceptors (Lipinski definition) is 4. The van der Waals surface area contributed by atoms with Crippen molar-refractivity contribution in [1.82, 2.24) is 4.90 Å². The van der Waals surface area contributed by atoms with Crippen molar-refractivity contribution in [1.29, 1.82) is 0 Å². The molecule has 0 bridgehead atoms. The molecule has 0 fully saturated rings. The number of alkyl halides is 2. The van der Waals surface area contributed by atoms with Gasteiger partial charge >= 0.3 is 0 Å². The van der Waals surface area contributed by atoms with E-state index in [1.807, 2.05) is 0 Å². The van der Waals surface area contributed by atoms with Gasteiger partial charge in [-0.2, -0.15) is 0 Å². The predicted octanol–water partition coefficient (Wildman–Crippen LogP) is 0.0919. The molecule has 0 atom stereocenters. The number of carbonyl (C=O) groups excluding carboxylic acids is 1. The van der Waals surface area contributed by atoms with Crippen LogP contribution in [0.1, 0.15) is 6.42 Å². The second-order valence-electron chi connectivity index (χ2n) is 3.38. The largest absolute Gasteiger partial charge is 0.383 e. The fourth-order valence-corrected chi connectivity index (χ4v) is 1.21. The van der Waals surface area contributed by atoms with Crippen LogP contribution in [0.4, 0.5) is 8.78 Å². The van der Waals surface area contributed by atoms with Crippen LogP contribution in [0.5, 0.6) is 0 Å². The first-order chi connectivity index (χ1) is 8.11. The van der Waals surface area contributed by atoms with Crippen molar-refractivity contribution in [3.63, 3.8) is 0 Å². The summed E-state index contributed by atoms with van der Waals surface area (Å²) in [4.78, 5) is 13.2. The van der Waals surface area contributed by atoms with Crippen molar-refractivity contribution < 1.29 is 23.0 Å². The Balaban J connectivity index is 3.80.